The first-order chi connectivity index (χ1) is 11.4. The molecule has 3 rings (SSSR count). The molecule has 0 spiro atoms. The summed E-state index contributed by atoms with van der Waals surface area (Å²) in [5.74, 6) is -5.42. The Labute approximate surface area is 137 Å². The number of rotatable bonds is 4. The molecule has 2 aliphatic rings. The van der Waals surface area contributed by atoms with Crippen LogP contribution in [0.15, 0.2) is 12.1 Å². The summed E-state index contributed by atoms with van der Waals surface area (Å²) in [7, 11) is 0. The van der Waals surface area contributed by atoms with Crippen LogP contribution in [-0.2, 0) is 14.3 Å². The van der Waals surface area contributed by atoms with Gasteiger partial charge in [-0.05, 0) is 49.8 Å². The number of halogens is 3. The fourth-order valence-corrected chi connectivity index (χ4v) is 3.35. The van der Waals surface area contributed by atoms with Crippen LogP contribution >= 0.6 is 0 Å². The minimum Gasteiger partial charge on any atom is -0.464 e. The van der Waals surface area contributed by atoms with Crippen molar-refractivity contribution in [3.05, 3.63) is 35.1 Å². The second-order valence-corrected chi connectivity index (χ2v) is 6.19. The van der Waals surface area contributed by atoms with Crippen molar-refractivity contribution in [2.45, 2.75) is 38.1 Å². The normalized spacial score (nSPS) is 25.7. The fourth-order valence-electron chi connectivity index (χ4n) is 3.35. The highest BCUT2D eigenvalue weighted by Gasteiger charge is 2.49. The van der Waals surface area contributed by atoms with Crippen molar-refractivity contribution < 1.29 is 27.5 Å². The van der Waals surface area contributed by atoms with Crippen molar-refractivity contribution in [3.63, 3.8) is 0 Å². The second kappa shape index (κ2) is 6.45. The van der Waals surface area contributed by atoms with Crippen LogP contribution in [0.2, 0.25) is 0 Å². The van der Waals surface area contributed by atoms with Crippen molar-refractivity contribution in [2.75, 3.05) is 13.2 Å². The molecule has 130 valence electrons. The van der Waals surface area contributed by atoms with Gasteiger partial charge in [0.1, 0.15) is 6.04 Å². The Balaban J connectivity index is 1.70. The summed E-state index contributed by atoms with van der Waals surface area (Å²) in [5, 5.41) is 0. The van der Waals surface area contributed by atoms with Crippen LogP contribution in [0.25, 0.3) is 0 Å². The molecule has 0 bridgehead atoms. The van der Waals surface area contributed by atoms with Crippen molar-refractivity contribution >= 4 is 11.9 Å². The molecule has 1 aliphatic carbocycles. The van der Waals surface area contributed by atoms with Crippen LogP contribution in [0.3, 0.4) is 0 Å². The van der Waals surface area contributed by atoms with Crippen LogP contribution in [-0.4, -0.2) is 36.0 Å². The van der Waals surface area contributed by atoms with Crippen LogP contribution in [0.4, 0.5) is 13.2 Å². The van der Waals surface area contributed by atoms with E-state index >= 15 is 0 Å². The molecule has 3 atom stereocenters. The molecule has 0 aromatic heterocycles. The first-order valence-corrected chi connectivity index (χ1v) is 8.05. The van der Waals surface area contributed by atoms with Gasteiger partial charge in [0.05, 0.1) is 6.61 Å². The van der Waals surface area contributed by atoms with Crippen molar-refractivity contribution in [1.29, 1.82) is 0 Å². The third-order valence-corrected chi connectivity index (χ3v) is 4.64. The Bertz CT molecular complexity index is 656. The number of nitrogens with zero attached hydrogens (tertiary/aromatic N) is 1. The lowest BCUT2D eigenvalue weighted by atomic mass is 10.1. The number of esters is 1. The van der Waals surface area contributed by atoms with E-state index in [1.54, 1.807) is 6.92 Å². The molecule has 1 aromatic rings. The lowest BCUT2D eigenvalue weighted by Crippen LogP contribution is -2.42. The molecule has 1 amide bonds. The zero-order valence-electron chi connectivity index (χ0n) is 13.2. The molecular formula is C17H18F3NO3. The highest BCUT2D eigenvalue weighted by molar-refractivity contribution is 5.88. The number of hydrogen-bond donors (Lipinski definition) is 0. The van der Waals surface area contributed by atoms with Gasteiger partial charge in [-0.1, -0.05) is 0 Å². The molecule has 7 heteroatoms. The number of benzene rings is 1. The molecule has 0 unspecified atom stereocenters. The summed E-state index contributed by atoms with van der Waals surface area (Å²) in [6, 6.07) is 1.28. The molecule has 0 radical (unpaired) electrons. The largest absolute Gasteiger partial charge is 0.464 e. The Morgan fingerprint density at radius 2 is 1.92 bits per heavy atom. The predicted octanol–water partition coefficient (Wildman–Crippen LogP) is 2.76. The van der Waals surface area contributed by atoms with Gasteiger partial charge in [-0.15, -0.1) is 0 Å². The summed E-state index contributed by atoms with van der Waals surface area (Å²) in [6.45, 7) is 2.42. The Kier molecular flexibility index (Phi) is 4.51. The van der Waals surface area contributed by atoms with Crippen molar-refractivity contribution in [3.8, 4) is 0 Å². The summed E-state index contributed by atoms with van der Waals surface area (Å²) < 4.78 is 44.7. The predicted molar refractivity (Wildman–Crippen MR) is 78.5 cm³/mol. The zero-order chi connectivity index (χ0) is 17.4. The average molecular weight is 341 g/mol. The highest BCUT2D eigenvalue weighted by atomic mass is 19.2. The zero-order valence-corrected chi connectivity index (χ0v) is 13.2. The van der Waals surface area contributed by atoms with E-state index in [9.17, 15) is 22.8 Å². The van der Waals surface area contributed by atoms with Crippen molar-refractivity contribution in [1.82, 2.24) is 4.90 Å². The van der Waals surface area contributed by atoms with Crippen LogP contribution in [0.1, 0.15) is 37.7 Å². The summed E-state index contributed by atoms with van der Waals surface area (Å²) in [6.07, 6.45) is 1.71. The molecule has 2 fully saturated rings. The molecule has 0 N–H and O–H groups in total. The number of likely N-dealkylation sites (tertiary alicyclic amines) is 1. The maximum atomic E-state index is 13.3. The summed E-state index contributed by atoms with van der Waals surface area (Å²) in [4.78, 5) is 26.0. The fraction of sp³-hybridized carbons (Fsp3) is 0.529. The molecule has 1 saturated carbocycles. The van der Waals surface area contributed by atoms with Gasteiger partial charge in [-0.3, -0.25) is 4.79 Å². The van der Waals surface area contributed by atoms with Crippen molar-refractivity contribution in [2.24, 2.45) is 5.92 Å². The first kappa shape index (κ1) is 16.8. The minimum atomic E-state index is -1.51. The van der Waals surface area contributed by atoms with Gasteiger partial charge in [-0.2, -0.15) is 0 Å². The monoisotopic (exact) mass is 341 g/mol. The first-order valence-electron chi connectivity index (χ1n) is 8.05. The topological polar surface area (TPSA) is 46.6 Å². The van der Waals surface area contributed by atoms with E-state index in [-0.39, 0.29) is 24.0 Å². The molecule has 1 aliphatic heterocycles. The molecule has 1 heterocycles. The van der Waals surface area contributed by atoms with Gasteiger partial charge in [-0.25, -0.2) is 18.0 Å². The van der Waals surface area contributed by atoms with E-state index in [4.69, 9.17) is 4.74 Å². The summed E-state index contributed by atoms with van der Waals surface area (Å²) >= 11 is 0. The smallest absolute Gasteiger partial charge is 0.328 e. The molecular weight excluding hydrogens is 323 g/mol. The third kappa shape index (κ3) is 2.99. The quantitative estimate of drug-likeness (QED) is 0.625. The maximum absolute atomic E-state index is 13.3. The minimum absolute atomic E-state index is 0.208. The number of carbonyl (C=O) groups excluding carboxylic acids is 2. The maximum Gasteiger partial charge on any atom is 0.328 e. The number of ether oxygens (including phenoxy) is 1. The van der Waals surface area contributed by atoms with Gasteiger partial charge in [0.25, 0.3) is 0 Å². The van der Waals surface area contributed by atoms with Crippen LogP contribution < -0.4 is 0 Å². The lowest BCUT2D eigenvalue weighted by molar-refractivity contribution is -0.153. The van der Waals surface area contributed by atoms with E-state index in [0.717, 1.165) is 12.1 Å². The van der Waals surface area contributed by atoms with Gasteiger partial charge in [0.2, 0.25) is 5.91 Å². The van der Waals surface area contributed by atoms with Gasteiger partial charge in [0, 0.05) is 12.5 Å². The standard InChI is InChI=1S/C17H18F3NO3/c1-2-24-17(23)14-4-3-5-21(14)16(22)11-8-10(11)9-6-12(18)15(20)13(19)7-9/h6-7,10-11,14H,2-5,8H2,1H3/t10-,11-,14-/m1/s1. The third-order valence-electron chi connectivity index (χ3n) is 4.64. The Morgan fingerprint density at radius 1 is 1.25 bits per heavy atom. The molecule has 1 aromatic carbocycles. The Hall–Kier alpha value is -2.05. The number of amides is 1. The van der Waals surface area contributed by atoms with E-state index in [0.29, 0.717) is 25.8 Å². The van der Waals surface area contributed by atoms with Gasteiger partial charge >= 0.3 is 5.97 Å². The van der Waals surface area contributed by atoms with E-state index < -0.39 is 35.4 Å². The molecule has 24 heavy (non-hydrogen) atoms. The van der Waals surface area contributed by atoms with E-state index in [1.165, 1.54) is 4.90 Å². The van der Waals surface area contributed by atoms with Gasteiger partial charge in [0.15, 0.2) is 17.5 Å². The second-order valence-electron chi connectivity index (χ2n) is 6.19. The molecule has 4 nitrogen and oxygen atoms in total. The number of carbonyl (C=O) groups is 2. The molecule has 1 saturated heterocycles. The lowest BCUT2D eigenvalue weighted by Gasteiger charge is -2.23. The van der Waals surface area contributed by atoms with E-state index in [1.807, 2.05) is 0 Å². The van der Waals surface area contributed by atoms with Crippen LogP contribution in [0, 0.1) is 23.4 Å². The highest BCUT2D eigenvalue weighted by Crippen LogP contribution is 2.49. The number of hydrogen-bond acceptors (Lipinski definition) is 3. The van der Waals surface area contributed by atoms with Gasteiger partial charge < -0.3 is 9.64 Å². The Morgan fingerprint density at radius 3 is 2.54 bits per heavy atom. The average Bonchev–Trinajstić information content (AvgIpc) is 3.19. The van der Waals surface area contributed by atoms with E-state index in [2.05, 4.69) is 0 Å². The SMILES string of the molecule is CCOC(=O)[C@H]1CCCN1C(=O)[C@@H]1C[C@@H]1c1cc(F)c(F)c(F)c1. The summed E-state index contributed by atoms with van der Waals surface area (Å²) in [5.41, 5.74) is 0.275. The van der Waals surface area contributed by atoms with Crippen LogP contribution in [0.5, 0.6) is 0 Å².